The zero-order valence-electron chi connectivity index (χ0n) is 19.3. The van der Waals surface area contributed by atoms with Crippen LogP contribution in [0.1, 0.15) is 55.4 Å². The van der Waals surface area contributed by atoms with Crippen molar-refractivity contribution < 1.29 is 18.9 Å². The van der Waals surface area contributed by atoms with E-state index in [1.165, 1.54) is 22.0 Å². The van der Waals surface area contributed by atoms with Gasteiger partial charge in [0.05, 0.1) is 0 Å². The molecule has 0 N–H and O–H groups in total. The number of benzene rings is 2. The first-order chi connectivity index (χ1) is 12.7. The van der Waals surface area contributed by atoms with E-state index in [4.69, 9.17) is 5.32 Å². The van der Waals surface area contributed by atoms with Gasteiger partial charge in [0.2, 0.25) is 0 Å². The topological polar surface area (TPSA) is 14.1 Å². The Morgan fingerprint density at radius 3 is 1.11 bits per heavy atom. The van der Waals surface area contributed by atoms with Crippen molar-refractivity contribution in [3.05, 3.63) is 53.8 Å². The Hall–Kier alpha value is -0.303. The second-order valence-corrected chi connectivity index (χ2v) is 15.0. The molecule has 0 amide bonds. The van der Waals surface area contributed by atoms with Crippen LogP contribution in [0.4, 0.5) is 11.4 Å². The molecule has 2 aromatic carbocycles. The van der Waals surface area contributed by atoms with E-state index in [2.05, 4.69) is 104 Å². The summed E-state index contributed by atoms with van der Waals surface area (Å²) < 4.78 is 0. The summed E-state index contributed by atoms with van der Waals surface area (Å²) in [5.41, 5.74) is 4.98. The molecule has 0 unspecified atom stereocenters. The average Bonchev–Trinajstić information content (AvgIpc) is 2.57. The smallest absolute Gasteiger partial charge is 0.657 e. The van der Waals surface area contributed by atoms with Crippen LogP contribution in [0.15, 0.2) is 48.5 Å². The fourth-order valence-electron chi connectivity index (χ4n) is 3.99. The monoisotopic (exact) mass is 407 g/mol. The van der Waals surface area contributed by atoms with E-state index in [0.717, 1.165) is 0 Å². The van der Waals surface area contributed by atoms with Crippen LogP contribution in [0, 0.1) is 0 Å². The van der Waals surface area contributed by atoms with Crippen LogP contribution < -0.4 is 29.5 Å². The fraction of sp³-hybridized carbons (Fsp3) is 0.500. The Labute approximate surface area is 188 Å². The van der Waals surface area contributed by atoms with Crippen molar-refractivity contribution in [1.29, 1.82) is 0 Å². The van der Waals surface area contributed by atoms with Gasteiger partial charge in [0, 0.05) is 0 Å². The maximum Gasteiger partial charge on any atom is 1.00 e. The molecule has 0 fully saturated rings. The minimum Gasteiger partial charge on any atom is -0.657 e. The maximum absolute atomic E-state index is 5.24. The van der Waals surface area contributed by atoms with Gasteiger partial charge in [-0.05, 0) is 33.2 Å². The molecular formula is C24H36LiNP2. The molecule has 0 heterocycles. The first-order valence-electron chi connectivity index (χ1n) is 10.2. The van der Waals surface area contributed by atoms with E-state index in [1.807, 2.05) is 0 Å². The third-order valence-electron chi connectivity index (χ3n) is 4.79. The maximum atomic E-state index is 5.24. The second kappa shape index (κ2) is 11.8. The third-order valence-corrected chi connectivity index (χ3v) is 11.1. The van der Waals surface area contributed by atoms with Crippen molar-refractivity contribution in [3.8, 4) is 0 Å². The molecule has 0 aromatic heterocycles. The molecule has 0 bridgehead atoms. The van der Waals surface area contributed by atoms with Crippen molar-refractivity contribution in [3.63, 3.8) is 0 Å². The minimum absolute atomic E-state index is 0. The quantitative estimate of drug-likeness (QED) is 0.438. The Morgan fingerprint density at radius 1 is 0.536 bits per heavy atom. The standard InChI is InChI=1S/C24H36NP2.Li/c1-17(2)26(18(3)4)23-15-11-9-13-21(23)25-22-14-10-12-16-24(22)27(19(5)6)20(7)8;/h9-20H,1-8H3;/q-1;+1. The van der Waals surface area contributed by atoms with Crippen molar-refractivity contribution in [2.45, 2.75) is 78.0 Å². The van der Waals surface area contributed by atoms with Gasteiger partial charge in [-0.25, -0.2) is 0 Å². The van der Waals surface area contributed by atoms with Gasteiger partial charge in [0.1, 0.15) is 0 Å². The zero-order valence-corrected chi connectivity index (χ0v) is 21.1. The van der Waals surface area contributed by atoms with Crippen LogP contribution in [0.25, 0.3) is 5.32 Å². The molecule has 0 aliphatic heterocycles. The first-order valence-corrected chi connectivity index (χ1v) is 13.2. The van der Waals surface area contributed by atoms with E-state index in [0.29, 0.717) is 22.6 Å². The van der Waals surface area contributed by atoms with Crippen molar-refractivity contribution in [2.75, 3.05) is 0 Å². The first kappa shape index (κ1) is 25.7. The molecule has 0 saturated carbocycles. The number of rotatable bonds is 8. The number of para-hydroxylation sites is 2. The molecule has 0 atom stereocenters. The number of nitrogens with zero attached hydrogens (tertiary/aromatic N) is 1. The van der Waals surface area contributed by atoms with Gasteiger partial charge in [-0.2, -0.15) is 0 Å². The Bertz CT molecular complexity index is 651. The summed E-state index contributed by atoms with van der Waals surface area (Å²) >= 11 is 0. The summed E-state index contributed by atoms with van der Waals surface area (Å²) in [5.74, 6) is 0. The van der Waals surface area contributed by atoms with E-state index in [9.17, 15) is 0 Å². The van der Waals surface area contributed by atoms with E-state index in [-0.39, 0.29) is 34.7 Å². The average molecular weight is 407 g/mol. The third kappa shape index (κ3) is 6.35. The molecular weight excluding hydrogens is 371 g/mol. The van der Waals surface area contributed by atoms with Crippen molar-refractivity contribution in [1.82, 2.24) is 0 Å². The van der Waals surface area contributed by atoms with E-state index in [1.54, 1.807) is 0 Å². The summed E-state index contributed by atoms with van der Waals surface area (Å²) in [5, 5.41) is 8.14. The van der Waals surface area contributed by atoms with E-state index < -0.39 is 0 Å². The molecule has 148 valence electrons. The van der Waals surface area contributed by atoms with Crippen LogP contribution >= 0.6 is 15.8 Å². The fourth-order valence-corrected chi connectivity index (χ4v) is 9.89. The van der Waals surface area contributed by atoms with Crippen LogP contribution in [0.2, 0.25) is 0 Å². The number of hydrogen-bond acceptors (Lipinski definition) is 0. The normalized spacial score (nSPS) is 11.8. The molecule has 4 heteroatoms. The molecule has 0 saturated heterocycles. The van der Waals surface area contributed by atoms with Gasteiger partial charge < -0.3 is 5.32 Å². The molecule has 0 radical (unpaired) electrons. The number of hydrogen-bond donors (Lipinski definition) is 0. The summed E-state index contributed by atoms with van der Waals surface area (Å²) in [6.07, 6.45) is 0. The Morgan fingerprint density at radius 2 is 0.821 bits per heavy atom. The van der Waals surface area contributed by atoms with Crippen LogP contribution in [-0.4, -0.2) is 22.6 Å². The Kier molecular flexibility index (Phi) is 10.8. The summed E-state index contributed by atoms with van der Waals surface area (Å²) in [7, 11) is -0.458. The van der Waals surface area contributed by atoms with Crippen LogP contribution in [0.5, 0.6) is 0 Å². The molecule has 1 nitrogen and oxygen atoms in total. The summed E-state index contributed by atoms with van der Waals surface area (Å²) in [6, 6.07) is 17.6. The van der Waals surface area contributed by atoms with Gasteiger partial charge in [0.25, 0.3) is 0 Å². The molecule has 28 heavy (non-hydrogen) atoms. The predicted octanol–water partition coefficient (Wildman–Crippen LogP) is 4.88. The largest absolute Gasteiger partial charge is 1.00 e. The minimum atomic E-state index is -0.229. The summed E-state index contributed by atoms with van der Waals surface area (Å²) in [6.45, 7) is 18.8. The molecule has 0 aliphatic carbocycles. The van der Waals surface area contributed by atoms with Crippen LogP contribution in [0.3, 0.4) is 0 Å². The SMILES string of the molecule is CC(C)P(c1ccccc1[N-]c1ccccc1P(C(C)C)C(C)C)C(C)C.[Li+]. The summed E-state index contributed by atoms with van der Waals surface area (Å²) in [4.78, 5) is 0. The molecule has 0 aliphatic rings. The zero-order chi connectivity index (χ0) is 20.1. The molecule has 2 aromatic rings. The second-order valence-electron chi connectivity index (χ2n) is 8.28. The molecule has 0 spiro atoms. The van der Waals surface area contributed by atoms with Gasteiger partial charge in [0.15, 0.2) is 0 Å². The predicted molar refractivity (Wildman–Crippen MR) is 129 cm³/mol. The van der Waals surface area contributed by atoms with Gasteiger partial charge in [-0.1, -0.05) is 120 Å². The molecule has 2 rings (SSSR count). The van der Waals surface area contributed by atoms with E-state index >= 15 is 0 Å². The van der Waals surface area contributed by atoms with Gasteiger partial charge in [-0.3, -0.25) is 0 Å². The van der Waals surface area contributed by atoms with Crippen molar-refractivity contribution >= 4 is 37.8 Å². The Balaban J connectivity index is 0.00000392. The van der Waals surface area contributed by atoms with Gasteiger partial charge in [-0.15, -0.1) is 11.4 Å². The van der Waals surface area contributed by atoms with Crippen molar-refractivity contribution in [2.24, 2.45) is 0 Å². The van der Waals surface area contributed by atoms with Gasteiger partial charge >= 0.3 is 18.9 Å². The van der Waals surface area contributed by atoms with Crippen LogP contribution in [-0.2, 0) is 0 Å².